The summed E-state index contributed by atoms with van der Waals surface area (Å²) in [6, 6.07) is 1.87. The van der Waals surface area contributed by atoms with E-state index >= 15 is 0 Å². The third-order valence-electron chi connectivity index (χ3n) is 5.13. The van der Waals surface area contributed by atoms with E-state index < -0.39 is 17.7 Å². The SMILES string of the molecule is CCCCCCCCOC(=O)Nc1sc(CCCCCCCC)cc1C(=O)OC(C)(C)C. The van der Waals surface area contributed by atoms with Gasteiger partial charge in [0.1, 0.15) is 10.6 Å². The zero-order chi connectivity index (χ0) is 23.8. The van der Waals surface area contributed by atoms with Gasteiger partial charge in [-0.05, 0) is 46.1 Å². The Morgan fingerprint density at radius 3 is 2.03 bits per heavy atom. The quantitative estimate of drug-likeness (QED) is 0.195. The third-order valence-corrected chi connectivity index (χ3v) is 6.24. The number of hydrogen-bond donors (Lipinski definition) is 1. The van der Waals surface area contributed by atoms with E-state index in [1.54, 1.807) is 0 Å². The first kappa shape index (κ1) is 28.5. The van der Waals surface area contributed by atoms with Crippen molar-refractivity contribution in [3.63, 3.8) is 0 Å². The van der Waals surface area contributed by atoms with Crippen LogP contribution in [0.5, 0.6) is 0 Å². The van der Waals surface area contributed by atoms with Crippen molar-refractivity contribution in [2.75, 3.05) is 11.9 Å². The molecule has 1 N–H and O–H groups in total. The maximum Gasteiger partial charge on any atom is 0.412 e. The second-order valence-corrected chi connectivity index (χ2v) is 10.6. The highest BCUT2D eigenvalue weighted by molar-refractivity contribution is 7.16. The molecule has 0 radical (unpaired) electrons. The number of thiophene rings is 1. The summed E-state index contributed by atoms with van der Waals surface area (Å²) in [6.45, 7) is 10.3. The molecule has 1 rings (SSSR count). The molecule has 0 aromatic carbocycles. The first-order valence-electron chi connectivity index (χ1n) is 12.6. The molecule has 5 nitrogen and oxygen atoms in total. The van der Waals surface area contributed by atoms with E-state index in [2.05, 4.69) is 19.2 Å². The molecule has 6 heteroatoms. The van der Waals surface area contributed by atoms with E-state index in [0.29, 0.717) is 17.2 Å². The minimum absolute atomic E-state index is 0.399. The van der Waals surface area contributed by atoms with Crippen molar-refractivity contribution >= 4 is 28.4 Å². The summed E-state index contributed by atoms with van der Waals surface area (Å²) in [6.07, 6.45) is 14.5. The van der Waals surface area contributed by atoms with Crippen molar-refractivity contribution in [2.24, 2.45) is 0 Å². The summed E-state index contributed by atoms with van der Waals surface area (Å²) < 4.78 is 10.9. The molecule has 0 bridgehead atoms. The number of esters is 1. The second-order valence-electron chi connectivity index (χ2n) is 9.50. The highest BCUT2D eigenvalue weighted by Crippen LogP contribution is 2.31. The van der Waals surface area contributed by atoms with E-state index in [9.17, 15) is 9.59 Å². The molecule has 0 unspecified atom stereocenters. The van der Waals surface area contributed by atoms with Gasteiger partial charge >= 0.3 is 12.1 Å². The summed E-state index contributed by atoms with van der Waals surface area (Å²) in [5.74, 6) is -0.408. The predicted octanol–water partition coefficient (Wildman–Crippen LogP) is 8.52. The molecule has 0 aliphatic rings. The fraction of sp³-hybridized carbons (Fsp3) is 0.769. The Labute approximate surface area is 199 Å². The van der Waals surface area contributed by atoms with Crippen molar-refractivity contribution in [1.29, 1.82) is 0 Å². The molecule has 0 fully saturated rings. The maximum atomic E-state index is 12.7. The van der Waals surface area contributed by atoms with Gasteiger partial charge < -0.3 is 9.47 Å². The number of unbranched alkanes of at least 4 members (excludes halogenated alkanes) is 10. The van der Waals surface area contributed by atoms with Gasteiger partial charge in [-0.25, -0.2) is 9.59 Å². The van der Waals surface area contributed by atoms with Crippen LogP contribution in [-0.2, 0) is 15.9 Å². The molecule has 1 amide bonds. The number of carbonyl (C=O) groups excluding carboxylic acids is 2. The summed E-state index contributed by atoms with van der Waals surface area (Å²) in [5.41, 5.74) is -0.170. The van der Waals surface area contributed by atoms with Crippen molar-refractivity contribution in [3.05, 3.63) is 16.5 Å². The van der Waals surface area contributed by atoms with Gasteiger partial charge in [0.15, 0.2) is 0 Å². The third kappa shape index (κ3) is 13.1. The fourth-order valence-electron chi connectivity index (χ4n) is 3.40. The Balaban J connectivity index is 2.61. The van der Waals surface area contributed by atoms with Gasteiger partial charge in [-0.3, -0.25) is 5.32 Å². The largest absolute Gasteiger partial charge is 0.456 e. The number of rotatable bonds is 16. The lowest BCUT2D eigenvalue weighted by Crippen LogP contribution is -2.24. The molecular weight excluding hydrogens is 422 g/mol. The second kappa shape index (κ2) is 16.1. The molecule has 0 saturated heterocycles. The van der Waals surface area contributed by atoms with Gasteiger partial charge in [-0.2, -0.15) is 0 Å². The molecule has 184 valence electrons. The number of hydrogen-bond acceptors (Lipinski definition) is 5. The van der Waals surface area contributed by atoms with Gasteiger partial charge in [-0.1, -0.05) is 78.1 Å². The summed E-state index contributed by atoms with van der Waals surface area (Å²) in [7, 11) is 0. The zero-order valence-corrected chi connectivity index (χ0v) is 21.8. The first-order chi connectivity index (χ1) is 15.3. The van der Waals surface area contributed by atoms with Gasteiger partial charge in [0.05, 0.1) is 12.2 Å². The highest BCUT2D eigenvalue weighted by Gasteiger charge is 2.24. The fourth-order valence-corrected chi connectivity index (χ4v) is 4.47. The molecule has 0 aliphatic heterocycles. The van der Waals surface area contributed by atoms with Crippen LogP contribution in [0.3, 0.4) is 0 Å². The van der Waals surface area contributed by atoms with Crippen LogP contribution in [-0.4, -0.2) is 24.3 Å². The van der Waals surface area contributed by atoms with Crippen LogP contribution in [0, 0.1) is 0 Å². The molecule has 1 aromatic rings. The lowest BCUT2D eigenvalue weighted by molar-refractivity contribution is 0.00712. The summed E-state index contributed by atoms with van der Waals surface area (Å²) >= 11 is 1.45. The Kier molecular flexibility index (Phi) is 14.3. The molecule has 32 heavy (non-hydrogen) atoms. The number of aryl methyl sites for hydroxylation is 1. The van der Waals surface area contributed by atoms with E-state index in [0.717, 1.165) is 30.6 Å². The molecule has 0 atom stereocenters. The molecule has 1 heterocycles. The molecule has 0 aliphatic carbocycles. The summed E-state index contributed by atoms with van der Waals surface area (Å²) in [4.78, 5) is 26.1. The standard InChI is InChI=1S/C26H45NO4S/c1-6-8-10-12-14-16-18-21-20-22(24(28)31-26(3,4)5)23(32-21)27-25(29)30-19-17-15-13-11-9-7-2/h20H,6-19H2,1-5H3,(H,27,29). The zero-order valence-electron chi connectivity index (χ0n) is 21.0. The average molecular weight is 468 g/mol. The Hall–Kier alpha value is -1.56. The first-order valence-corrected chi connectivity index (χ1v) is 13.4. The van der Waals surface area contributed by atoms with Gasteiger partial charge in [0.2, 0.25) is 0 Å². The Bertz CT molecular complexity index is 663. The van der Waals surface area contributed by atoms with Crippen LogP contribution < -0.4 is 5.32 Å². The lowest BCUT2D eigenvalue weighted by atomic mass is 10.1. The molecule has 0 spiro atoms. The molecule has 0 saturated carbocycles. The van der Waals surface area contributed by atoms with Crippen LogP contribution in [0.2, 0.25) is 0 Å². The number of nitrogens with one attached hydrogen (secondary N) is 1. The predicted molar refractivity (Wildman–Crippen MR) is 135 cm³/mol. The highest BCUT2D eigenvalue weighted by atomic mass is 32.1. The van der Waals surface area contributed by atoms with Crippen LogP contribution in [0.15, 0.2) is 6.07 Å². The Morgan fingerprint density at radius 1 is 0.875 bits per heavy atom. The van der Waals surface area contributed by atoms with Crippen molar-refractivity contribution in [3.8, 4) is 0 Å². The minimum atomic E-state index is -0.589. The van der Waals surface area contributed by atoms with E-state index in [1.807, 2.05) is 26.8 Å². The van der Waals surface area contributed by atoms with Crippen LogP contribution in [0.1, 0.15) is 127 Å². The van der Waals surface area contributed by atoms with Gasteiger partial charge in [0, 0.05) is 4.88 Å². The van der Waals surface area contributed by atoms with Gasteiger partial charge in [-0.15, -0.1) is 11.3 Å². The minimum Gasteiger partial charge on any atom is -0.456 e. The monoisotopic (exact) mass is 467 g/mol. The maximum absolute atomic E-state index is 12.7. The van der Waals surface area contributed by atoms with Crippen LogP contribution in [0.4, 0.5) is 9.80 Å². The van der Waals surface area contributed by atoms with Crippen molar-refractivity contribution in [1.82, 2.24) is 0 Å². The number of carbonyl (C=O) groups is 2. The number of amides is 1. The van der Waals surface area contributed by atoms with Crippen molar-refractivity contribution < 1.29 is 19.1 Å². The summed E-state index contributed by atoms with van der Waals surface area (Å²) in [5, 5.41) is 3.31. The van der Waals surface area contributed by atoms with E-state index in [-0.39, 0.29) is 0 Å². The van der Waals surface area contributed by atoms with Gasteiger partial charge in [0.25, 0.3) is 0 Å². The molecular formula is C26H45NO4S. The topological polar surface area (TPSA) is 64.6 Å². The van der Waals surface area contributed by atoms with Crippen molar-refractivity contribution in [2.45, 2.75) is 124 Å². The van der Waals surface area contributed by atoms with E-state index in [1.165, 1.54) is 69.1 Å². The number of ether oxygens (including phenoxy) is 2. The van der Waals surface area contributed by atoms with Crippen LogP contribution in [0.25, 0.3) is 0 Å². The lowest BCUT2D eigenvalue weighted by Gasteiger charge is -2.19. The Morgan fingerprint density at radius 2 is 1.44 bits per heavy atom. The normalized spacial score (nSPS) is 11.4. The molecule has 1 aromatic heterocycles. The van der Waals surface area contributed by atoms with Crippen LogP contribution >= 0.6 is 11.3 Å². The van der Waals surface area contributed by atoms with E-state index in [4.69, 9.17) is 9.47 Å². The smallest absolute Gasteiger partial charge is 0.412 e. The average Bonchev–Trinajstić information content (AvgIpc) is 3.11. The number of anilines is 1.